The van der Waals surface area contributed by atoms with Gasteiger partial charge in [0.05, 0.1) is 18.5 Å². The fourth-order valence-electron chi connectivity index (χ4n) is 2.39. The third kappa shape index (κ3) is 3.44. The minimum atomic E-state index is -1.28. The molecule has 7 nitrogen and oxygen atoms in total. The topological polar surface area (TPSA) is 88.1 Å². The van der Waals surface area contributed by atoms with E-state index < -0.39 is 29.6 Å². The number of aliphatic imine (C=N–C) groups is 1. The van der Waals surface area contributed by atoms with Gasteiger partial charge in [-0.05, 0) is 48.5 Å². The molecule has 1 saturated heterocycles. The number of hydrogen-bond donors (Lipinski definition) is 1. The van der Waals surface area contributed by atoms with E-state index in [0.717, 1.165) is 11.1 Å². The van der Waals surface area contributed by atoms with Gasteiger partial charge in [-0.1, -0.05) is 0 Å². The third-order valence-corrected chi connectivity index (χ3v) is 3.73. The van der Waals surface area contributed by atoms with Gasteiger partial charge in [-0.2, -0.15) is 0 Å². The Morgan fingerprint density at radius 2 is 1.73 bits per heavy atom. The van der Waals surface area contributed by atoms with Crippen LogP contribution >= 0.6 is 0 Å². The maximum atomic E-state index is 12.9. The van der Waals surface area contributed by atoms with E-state index in [1.165, 1.54) is 43.5 Å². The van der Waals surface area contributed by atoms with Gasteiger partial charge >= 0.3 is 6.03 Å². The van der Waals surface area contributed by atoms with Crippen LogP contribution in [0.25, 0.3) is 0 Å². The molecule has 4 amide bonds. The van der Waals surface area contributed by atoms with Gasteiger partial charge in [-0.25, -0.2) is 14.1 Å². The zero-order valence-electron chi connectivity index (χ0n) is 13.7. The second-order valence-corrected chi connectivity index (χ2v) is 5.40. The molecule has 0 saturated carbocycles. The Kier molecular flexibility index (Phi) is 4.74. The summed E-state index contributed by atoms with van der Waals surface area (Å²) in [6.07, 6.45) is 1.13. The van der Waals surface area contributed by atoms with E-state index in [-0.39, 0.29) is 0 Å². The van der Waals surface area contributed by atoms with Crippen LogP contribution in [0, 0.1) is 11.7 Å². The number of amides is 4. The summed E-state index contributed by atoms with van der Waals surface area (Å²) in [6, 6.07) is 10.6. The van der Waals surface area contributed by atoms with Crippen LogP contribution in [0.3, 0.4) is 0 Å². The van der Waals surface area contributed by atoms with Gasteiger partial charge in [-0.15, -0.1) is 0 Å². The van der Waals surface area contributed by atoms with Crippen molar-refractivity contribution in [2.75, 3.05) is 12.0 Å². The number of carbonyl (C=O) groups excluding carboxylic acids is 3. The second-order valence-electron chi connectivity index (χ2n) is 5.40. The maximum absolute atomic E-state index is 12.9. The molecule has 132 valence electrons. The number of urea groups is 1. The van der Waals surface area contributed by atoms with Crippen LogP contribution in [-0.4, -0.2) is 31.2 Å². The molecule has 0 spiro atoms. The number of anilines is 1. The summed E-state index contributed by atoms with van der Waals surface area (Å²) in [7, 11) is 1.49. The lowest BCUT2D eigenvalue weighted by Gasteiger charge is -2.28. The number of imide groups is 2. The Bertz CT molecular complexity index is 878. The zero-order chi connectivity index (χ0) is 18.7. The van der Waals surface area contributed by atoms with Gasteiger partial charge in [0.25, 0.3) is 5.91 Å². The number of carbonyl (C=O) groups is 3. The summed E-state index contributed by atoms with van der Waals surface area (Å²) in [4.78, 5) is 41.6. The Balaban J connectivity index is 1.86. The average Bonchev–Trinajstić information content (AvgIpc) is 2.63. The Morgan fingerprint density at radius 1 is 1.08 bits per heavy atom. The van der Waals surface area contributed by atoms with Gasteiger partial charge in [0.2, 0.25) is 5.91 Å². The average molecular weight is 355 g/mol. The van der Waals surface area contributed by atoms with E-state index in [2.05, 4.69) is 10.3 Å². The lowest BCUT2D eigenvalue weighted by molar-refractivity contribution is -0.131. The first-order chi connectivity index (χ1) is 12.5. The number of ether oxygens (including phenoxy) is 1. The van der Waals surface area contributed by atoms with Crippen LogP contribution < -0.4 is 15.0 Å². The van der Waals surface area contributed by atoms with Gasteiger partial charge in [0.15, 0.2) is 5.92 Å². The van der Waals surface area contributed by atoms with Crippen molar-refractivity contribution in [2.45, 2.75) is 0 Å². The first-order valence-electron chi connectivity index (χ1n) is 7.62. The van der Waals surface area contributed by atoms with Crippen molar-refractivity contribution in [2.24, 2.45) is 10.9 Å². The minimum Gasteiger partial charge on any atom is -0.497 e. The van der Waals surface area contributed by atoms with E-state index in [9.17, 15) is 18.8 Å². The van der Waals surface area contributed by atoms with E-state index in [1.807, 2.05) is 0 Å². The minimum absolute atomic E-state index is 0.293. The molecule has 1 fully saturated rings. The highest BCUT2D eigenvalue weighted by Crippen LogP contribution is 2.23. The van der Waals surface area contributed by atoms with Crippen LogP contribution in [0.4, 0.5) is 20.6 Å². The second kappa shape index (κ2) is 7.14. The Hall–Kier alpha value is -3.55. The summed E-state index contributed by atoms with van der Waals surface area (Å²) in [5.74, 6) is -2.64. The van der Waals surface area contributed by atoms with Gasteiger partial charge in [0, 0.05) is 6.21 Å². The van der Waals surface area contributed by atoms with Gasteiger partial charge in [-0.3, -0.25) is 19.9 Å². The molecular weight excluding hydrogens is 341 g/mol. The Labute approximate surface area is 148 Å². The number of rotatable bonds is 4. The summed E-state index contributed by atoms with van der Waals surface area (Å²) in [5.41, 5.74) is 0.667. The normalized spacial score (nSPS) is 17.5. The van der Waals surface area contributed by atoms with Crippen LogP contribution in [0.2, 0.25) is 0 Å². The van der Waals surface area contributed by atoms with Gasteiger partial charge in [0.1, 0.15) is 11.6 Å². The highest BCUT2D eigenvalue weighted by Gasteiger charge is 2.40. The third-order valence-electron chi connectivity index (χ3n) is 3.73. The molecule has 26 heavy (non-hydrogen) atoms. The summed E-state index contributed by atoms with van der Waals surface area (Å²) >= 11 is 0. The smallest absolute Gasteiger partial charge is 0.335 e. The lowest BCUT2D eigenvalue weighted by atomic mass is 10.1. The van der Waals surface area contributed by atoms with Crippen LogP contribution in [0.1, 0.15) is 0 Å². The highest BCUT2D eigenvalue weighted by atomic mass is 19.1. The summed E-state index contributed by atoms with van der Waals surface area (Å²) in [5, 5.41) is 2.13. The summed E-state index contributed by atoms with van der Waals surface area (Å²) < 4.78 is 18.0. The van der Waals surface area contributed by atoms with Crippen LogP contribution in [0.15, 0.2) is 53.5 Å². The van der Waals surface area contributed by atoms with Crippen LogP contribution in [0.5, 0.6) is 5.75 Å². The number of benzene rings is 2. The van der Waals surface area contributed by atoms with Crippen molar-refractivity contribution in [3.05, 3.63) is 54.3 Å². The number of nitrogens with one attached hydrogen (secondary N) is 1. The molecule has 2 aromatic rings. The van der Waals surface area contributed by atoms with Crippen molar-refractivity contribution in [3.8, 4) is 5.75 Å². The highest BCUT2D eigenvalue weighted by molar-refractivity contribution is 6.32. The zero-order valence-corrected chi connectivity index (χ0v) is 13.7. The fraction of sp³-hybridized carbons (Fsp3) is 0.111. The standard InChI is InChI=1S/C18H14FN3O4/c1-26-14-8-6-13(7-9-14)22-17(24)15(16(23)21-18(22)25)10-20-12-4-2-11(19)3-5-12/h2-10,15H,1H3,(H,21,23,25)/t15-/m0/s1. The molecular formula is C18H14FN3O4. The van der Waals surface area contributed by atoms with E-state index >= 15 is 0 Å². The molecule has 2 aromatic carbocycles. The predicted octanol–water partition coefficient (Wildman–Crippen LogP) is 2.44. The molecule has 1 aliphatic heterocycles. The quantitative estimate of drug-likeness (QED) is 0.674. The Morgan fingerprint density at radius 3 is 2.35 bits per heavy atom. The maximum Gasteiger partial charge on any atom is 0.335 e. The SMILES string of the molecule is COc1ccc(N2C(=O)NC(=O)[C@H](C=Nc3ccc(F)cc3)C2=O)cc1. The van der Waals surface area contributed by atoms with Crippen LogP contribution in [-0.2, 0) is 9.59 Å². The summed E-state index contributed by atoms with van der Waals surface area (Å²) in [6.45, 7) is 0. The number of halogens is 1. The largest absolute Gasteiger partial charge is 0.497 e. The molecule has 8 heteroatoms. The molecule has 0 unspecified atom stereocenters. The molecule has 1 aliphatic rings. The first kappa shape index (κ1) is 17.3. The molecule has 0 bridgehead atoms. The van der Waals surface area contributed by atoms with E-state index in [0.29, 0.717) is 17.1 Å². The van der Waals surface area contributed by atoms with Gasteiger partial charge < -0.3 is 4.74 Å². The fourth-order valence-corrected chi connectivity index (χ4v) is 2.39. The molecule has 1 atom stereocenters. The van der Waals surface area contributed by atoms with Crippen molar-refractivity contribution >= 4 is 35.4 Å². The molecule has 1 heterocycles. The monoisotopic (exact) mass is 355 g/mol. The number of nitrogens with zero attached hydrogens (tertiary/aromatic N) is 2. The molecule has 3 rings (SSSR count). The van der Waals surface area contributed by atoms with Crippen molar-refractivity contribution in [1.82, 2.24) is 5.32 Å². The number of barbiturate groups is 1. The predicted molar refractivity (Wildman–Crippen MR) is 92.1 cm³/mol. The molecule has 1 N–H and O–H groups in total. The van der Waals surface area contributed by atoms with Crippen molar-refractivity contribution < 1.29 is 23.5 Å². The molecule has 0 aromatic heterocycles. The molecule has 0 aliphatic carbocycles. The number of methoxy groups -OCH3 is 1. The molecule has 0 radical (unpaired) electrons. The van der Waals surface area contributed by atoms with Crippen molar-refractivity contribution in [3.63, 3.8) is 0 Å². The van der Waals surface area contributed by atoms with E-state index in [1.54, 1.807) is 12.1 Å². The first-order valence-corrected chi connectivity index (χ1v) is 7.62. The lowest BCUT2D eigenvalue weighted by Crippen LogP contribution is -2.58. The number of hydrogen-bond acceptors (Lipinski definition) is 5. The van der Waals surface area contributed by atoms with Crippen molar-refractivity contribution in [1.29, 1.82) is 0 Å². The van der Waals surface area contributed by atoms with E-state index in [4.69, 9.17) is 4.74 Å².